The molecule has 0 unspecified atom stereocenters. The third kappa shape index (κ3) is 5.62. The molecular weight excluding hydrogens is 304 g/mol. The zero-order valence-electron chi connectivity index (χ0n) is 13.4. The van der Waals surface area contributed by atoms with Crippen molar-refractivity contribution < 1.29 is 14.6 Å². The van der Waals surface area contributed by atoms with E-state index in [9.17, 15) is 4.80 Å². The van der Waals surface area contributed by atoms with E-state index in [1.54, 1.807) is 12.1 Å². The number of halogens is 1. The van der Waals surface area contributed by atoms with Crippen molar-refractivity contribution in [2.24, 2.45) is 0 Å². The van der Waals surface area contributed by atoms with Crippen molar-refractivity contribution in [2.45, 2.75) is 57.8 Å². The van der Waals surface area contributed by atoms with E-state index >= 15 is 0 Å². The SMILES string of the molecule is CC(C)(CCCCOc1ccc(CO)cc1Cl)[Si](C)(C)O. The molecule has 5 heteroatoms. The molecule has 0 atom stereocenters. The van der Waals surface area contributed by atoms with Crippen molar-refractivity contribution in [1.82, 2.24) is 0 Å². The topological polar surface area (TPSA) is 49.7 Å². The highest BCUT2D eigenvalue weighted by molar-refractivity contribution is 6.72. The van der Waals surface area contributed by atoms with Crippen LogP contribution in [0.4, 0.5) is 0 Å². The first-order chi connectivity index (χ1) is 9.67. The number of aliphatic hydroxyl groups excluding tert-OH is 1. The van der Waals surface area contributed by atoms with Crippen LogP contribution in [-0.4, -0.2) is 24.8 Å². The van der Waals surface area contributed by atoms with E-state index in [1.165, 1.54) is 0 Å². The van der Waals surface area contributed by atoms with Crippen LogP contribution in [0.2, 0.25) is 23.2 Å². The largest absolute Gasteiger partial charge is 0.492 e. The van der Waals surface area contributed by atoms with Crippen LogP contribution in [0, 0.1) is 0 Å². The predicted octanol–water partition coefficient (Wildman–Crippen LogP) is 4.36. The second-order valence-corrected chi connectivity index (χ2v) is 11.6. The minimum absolute atomic E-state index is 0.0179. The lowest BCUT2D eigenvalue weighted by Crippen LogP contribution is -2.38. The summed E-state index contributed by atoms with van der Waals surface area (Å²) >= 11 is 6.09. The number of aliphatic hydroxyl groups is 1. The first-order valence-electron chi connectivity index (χ1n) is 7.42. The molecule has 1 aromatic rings. The minimum Gasteiger partial charge on any atom is -0.492 e. The fourth-order valence-corrected chi connectivity index (χ4v) is 2.96. The standard InChI is InChI=1S/C16H27ClO3Si/c1-16(2,21(3,4)19)9-5-6-10-20-15-8-7-13(12-18)11-14(15)17/h7-8,11,18-19H,5-6,9-10,12H2,1-4H3. The summed E-state index contributed by atoms with van der Waals surface area (Å²) in [5.74, 6) is 0.657. The first-order valence-corrected chi connectivity index (χ1v) is 10.7. The summed E-state index contributed by atoms with van der Waals surface area (Å²) < 4.78 is 5.67. The molecule has 0 saturated heterocycles. The Morgan fingerprint density at radius 2 is 1.90 bits per heavy atom. The van der Waals surface area contributed by atoms with Gasteiger partial charge in [0.05, 0.1) is 18.2 Å². The molecule has 21 heavy (non-hydrogen) atoms. The summed E-state index contributed by atoms with van der Waals surface area (Å²) in [4.78, 5) is 10.2. The monoisotopic (exact) mass is 330 g/mol. The molecule has 2 N–H and O–H groups in total. The van der Waals surface area contributed by atoms with Crippen LogP contribution >= 0.6 is 11.6 Å². The average Bonchev–Trinajstić information content (AvgIpc) is 2.38. The van der Waals surface area contributed by atoms with E-state index in [2.05, 4.69) is 13.8 Å². The van der Waals surface area contributed by atoms with Crippen molar-refractivity contribution in [3.63, 3.8) is 0 Å². The van der Waals surface area contributed by atoms with Gasteiger partial charge < -0.3 is 14.6 Å². The molecule has 3 nitrogen and oxygen atoms in total. The number of hydrogen-bond acceptors (Lipinski definition) is 3. The molecule has 0 bridgehead atoms. The van der Waals surface area contributed by atoms with E-state index in [4.69, 9.17) is 21.4 Å². The maximum atomic E-state index is 10.2. The number of hydrogen-bond donors (Lipinski definition) is 2. The Kier molecular flexibility index (Phi) is 6.72. The molecular formula is C16H27ClO3Si. The van der Waals surface area contributed by atoms with E-state index in [0.717, 1.165) is 24.8 Å². The Morgan fingerprint density at radius 3 is 2.43 bits per heavy atom. The molecule has 0 spiro atoms. The van der Waals surface area contributed by atoms with Gasteiger partial charge in [-0.15, -0.1) is 0 Å². The van der Waals surface area contributed by atoms with Crippen LogP contribution in [0.5, 0.6) is 5.75 Å². The molecule has 0 aliphatic rings. The van der Waals surface area contributed by atoms with E-state index in [1.807, 2.05) is 19.2 Å². The lowest BCUT2D eigenvalue weighted by atomic mass is 10.1. The lowest BCUT2D eigenvalue weighted by Gasteiger charge is -2.35. The molecule has 0 fully saturated rings. The second kappa shape index (κ2) is 7.63. The van der Waals surface area contributed by atoms with Crippen molar-refractivity contribution >= 4 is 19.9 Å². The van der Waals surface area contributed by atoms with Crippen molar-refractivity contribution in [1.29, 1.82) is 0 Å². The second-order valence-electron chi connectivity index (χ2n) is 6.67. The molecule has 0 saturated carbocycles. The summed E-state index contributed by atoms with van der Waals surface area (Å²) in [6, 6.07) is 5.33. The fraction of sp³-hybridized carbons (Fsp3) is 0.625. The normalized spacial score (nSPS) is 12.5. The smallest absolute Gasteiger partial charge is 0.188 e. The third-order valence-electron chi connectivity index (χ3n) is 4.29. The van der Waals surface area contributed by atoms with Crippen LogP contribution in [0.3, 0.4) is 0 Å². The number of unbranched alkanes of at least 4 members (excludes halogenated alkanes) is 1. The quantitative estimate of drug-likeness (QED) is 0.550. The van der Waals surface area contributed by atoms with E-state index in [-0.39, 0.29) is 11.6 Å². The van der Waals surface area contributed by atoms with Crippen LogP contribution < -0.4 is 4.74 Å². The Bertz CT molecular complexity index is 455. The molecule has 0 aliphatic carbocycles. The van der Waals surface area contributed by atoms with Gasteiger partial charge in [0, 0.05) is 0 Å². The minimum atomic E-state index is -2.11. The summed E-state index contributed by atoms with van der Waals surface area (Å²) in [5.41, 5.74) is 0.782. The summed E-state index contributed by atoms with van der Waals surface area (Å²) in [5, 5.41) is 9.58. The first kappa shape index (κ1) is 18.5. The Labute approximate surface area is 134 Å². The number of rotatable bonds is 8. The van der Waals surface area contributed by atoms with Crippen LogP contribution in [0.25, 0.3) is 0 Å². The van der Waals surface area contributed by atoms with Gasteiger partial charge in [0.15, 0.2) is 8.32 Å². The van der Waals surface area contributed by atoms with Crippen molar-refractivity contribution in [3.8, 4) is 5.75 Å². The van der Waals surface area contributed by atoms with E-state index < -0.39 is 8.32 Å². The molecule has 0 aliphatic heterocycles. The van der Waals surface area contributed by atoms with Gasteiger partial charge in [-0.2, -0.15) is 0 Å². The Morgan fingerprint density at radius 1 is 1.24 bits per heavy atom. The van der Waals surface area contributed by atoms with Crippen LogP contribution in [0.1, 0.15) is 38.7 Å². The van der Waals surface area contributed by atoms with Gasteiger partial charge >= 0.3 is 0 Å². The molecule has 120 valence electrons. The van der Waals surface area contributed by atoms with Crippen molar-refractivity contribution in [2.75, 3.05) is 6.61 Å². The predicted molar refractivity (Wildman–Crippen MR) is 90.5 cm³/mol. The van der Waals surface area contributed by atoms with Gasteiger partial charge in [-0.1, -0.05) is 31.5 Å². The average molecular weight is 331 g/mol. The molecule has 0 amide bonds. The summed E-state index contributed by atoms with van der Waals surface area (Å²) in [7, 11) is -2.11. The third-order valence-corrected chi connectivity index (χ3v) is 8.15. The molecule has 1 aromatic carbocycles. The van der Waals surface area contributed by atoms with Gasteiger partial charge in [0.2, 0.25) is 0 Å². The molecule has 0 heterocycles. The highest BCUT2D eigenvalue weighted by atomic mass is 35.5. The molecule has 1 rings (SSSR count). The van der Waals surface area contributed by atoms with Gasteiger partial charge in [-0.3, -0.25) is 0 Å². The van der Waals surface area contributed by atoms with Gasteiger partial charge in [0.1, 0.15) is 5.75 Å². The Hall–Kier alpha value is -0.553. The number of ether oxygens (including phenoxy) is 1. The van der Waals surface area contributed by atoms with Gasteiger partial charge in [0.25, 0.3) is 0 Å². The molecule has 0 radical (unpaired) electrons. The van der Waals surface area contributed by atoms with Crippen LogP contribution in [0.15, 0.2) is 18.2 Å². The van der Waals surface area contributed by atoms with Crippen LogP contribution in [-0.2, 0) is 6.61 Å². The summed E-state index contributed by atoms with van der Waals surface area (Å²) in [6.07, 6.45) is 2.96. The lowest BCUT2D eigenvalue weighted by molar-refractivity contribution is 0.280. The van der Waals surface area contributed by atoms with Gasteiger partial charge in [-0.25, -0.2) is 0 Å². The van der Waals surface area contributed by atoms with Gasteiger partial charge in [-0.05, 0) is 55.1 Å². The Balaban J connectivity index is 2.35. The van der Waals surface area contributed by atoms with Crippen molar-refractivity contribution in [3.05, 3.63) is 28.8 Å². The zero-order valence-corrected chi connectivity index (χ0v) is 15.2. The molecule has 0 aromatic heterocycles. The highest BCUT2D eigenvalue weighted by Gasteiger charge is 2.37. The zero-order chi connectivity index (χ0) is 16.1. The maximum Gasteiger partial charge on any atom is 0.188 e. The maximum absolute atomic E-state index is 10.2. The fourth-order valence-electron chi connectivity index (χ4n) is 1.92. The summed E-state index contributed by atoms with van der Waals surface area (Å²) in [6.45, 7) is 8.87. The highest BCUT2D eigenvalue weighted by Crippen LogP contribution is 2.40. The van der Waals surface area contributed by atoms with E-state index in [0.29, 0.717) is 17.4 Å². The number of benzene rings is 1.